The minimum Gasteiger partial charge on any atom is -0.399 e. The summed E-state index contributed by atoms with van der Waals surface area (Å²) in [5, 5.41) is 2.76. The maximum atomic E-state index is 11.6. The quantitative estimate of drug-likeness (QED) is 0.795. The lowest BCUT2D eigenvalue weighted by Gasteiger charge is -2.08. The fourth-order valence-corrected chi connectivity index (χ4v) is 1.78. The Morgan fingerprint density at radius 3 is 3.06 bits per heavy atom. The molecule has 94 valence electrons. The number of anilines is 1. The highest BCUT2D eigenvalue weighted by Gasteiger charge is 2.09. The van der Waals surface area contributed by atoms with Crippen molar-refractivity contribution in [1.82, 2.24) is 14.9 Å². The van der Waals surface area contributed by atoms with E-state index in [-0.39, 0.29) is 12.5 Å². The zero-order chi connectivity index (χ0) is 13.0. The van der Waals surface area contributed by atoms with Gasteiger partial charge < -0.3 is 15.6 Å². The Morgan fingerprint density at radius 1 is 1.50 bits per heavy atom. The molecule has 0 spiro atoms. The van der Waals surface area contributed by atoms with E-state index in [1.807, 2.05) is 31.2 Å². The Kier molecular flexibility index (Phi) is 3.62. The van der Waals surface area contributed by atoms with Crippen LogP contribution < -0.4 is 11.1 Å². The molecule has 1 amide bonds. The molecule has 1 heterocycles. The number of nitrogens with two attached hydrogens (primary N) is 1. The summed E-state index contributed by atoms with van der Waals surface area (Å²) in [5.41, 5.74) is 7.33. The van der Waals surface area contributed by atoms with Gasteiger partial charge in [-0.1, -0.05) is 12.1 Å². The van der Waals surface area contributed by atoms with Crippen LogP contribution in [0, 0.1) is 0 Å². The first-order chi connectivity index (χ1) is 8.70. The maximum Gasteiger partial charge on any atom is 0.239 e. The minimum atomic E-state index is -0.0272. The van der Waals surface area contributed by atoms with Crippen molar-refractivity contribution in [2.45, 2.75) is 13.5 Å². The molecule has 0 aliphatic carbocycles. The molecule has 0 unspecified atom stereocenters. The molecule has 5 heteroatoms. The molecule has 0 radical (unpaired) electrons. The van der Waals surface area contributed by atoms with Crippen molar-refractivity contribution >= 4 is 11.6 Å². The van der Waals surface area contributed by atoms with Gasteiger partial charge in [0.25, 0.3) is 0 Å². The van der Waals surface area contributed by atoms with Crippen molar-refractivity contribution in [3.63, 3.8) is 0 Å². The van der Waals surface area contributed by atoms with Gasteiger partial charge in [0.1, 0.15) is 12.4 Å². The van der Waals surface area contributed by atoms with Crippen LogP contribution in [0.2, 0.25) is 0 Å². The molecule has 5 nitrogen and oxygen atoms in total. The highest BCUT2D eigenvalue weighted by atomic mass is 16.1. The molecule has 2 aromatic rings. The fraction of sp³-hybridized carbons (Fsp3) is 0.231. The minimum absolute atomic E-state index is 0.0272. The SMILES string of the molecule is CCNC(=O)Cn1ccnc1-c1cccc(N)c1. The van der Waals surface area contributed by atoms with Crippen LogP contribution in [0.25, 0.3) is 11.4 Å². The molecule has 0 atom stereocenters. The third kappa shape index (κ3) is 2.68. The van der Waals surface area contributed by atoms with Crippen LogP contribution in [0.4, 0.5) is 5.69 Å². The average molecular weight is 244 g/mol. The van der Waals surface area contributed by atoms with E-state index in [4.69, 9.17) is 5.73 Å². The Morgan fingerprint density at radius 2 is 2.33 bits per heavy atom. The molecule has 0 aliphatic rings. The van der Waals surface area contributed by atoms with Crippen molar-refractivity contribution < 1.29 is 4.79 Å². The standard InChI is InChI=1S/C13H16N4O/c1-2-15-12(18)9-17-7-6-16-13(17)10-4-3-5-11(14)8-10/h3-8H,2,9,14H2,1H3,(H,15,18). The molecule has 0 fully saturated rings. The van der Waals surface area contributed by atoms with Crippen LogP contribution >= 0.6 is 0 Å². The molecule has 18 heavy (non-hydrogen) atoms. The number of imidazole rings is 1. The molecule has 0 bridgehead atoms. The van der Waals surface area contributed by atoms with Gasteiger partial charge in [0.2, 0.25) is 5.91 Å². The number of nitrogens with zero attached hydrogens (tertiary/aromatic N) is 2. The van der Waals surface area contributed by atoms with E-state index in [0.717, 1.165) is 11.4 Å². The predicted molar refractivity (Wildman–Crippen MR) is 70.8 cm³/mol. The number of likely N-dealkylation sites (N-methyl/N-ethyl adjacent to an activating group) is 1. The first-order valence-electron chi connectivity index (χ1n) is 5.84. The molecular formula is C13H16N4O. The summed E-state index contributed by atoms with van der Waals surface area (Å²) in [4.78, 5) is 15.8. The number of hydrogen-bond donors (Lipinski definition) is 2. The van der Waals surface area contributed by atoms with Gasteiger partial charge in [-0.15, -0.1) is 0 Å². The van der Waals surface area contributed by atoms with Gasteiger partial charge in [-0.3, -0.25) is 4.79 Å². The topological polar surface area (TPSA) is 72.9 Å². The molecule has 1 aromatic heterocycles. The molecule has 3 N–H and O–H groups in total. The van der Waals surface area contributed by atoms with E-state index < -0.39 is 0 Å². The number of carbonyl (C=O) groups excluding carboxylic acids is 1. The van der Waals surface area contributed by atoms with Crippen LogP contribution in [0.1, 0.15) is 6.92 Å². The summed E-state index contributed by atoms with van der Waals surface area (Å²) in [7, 11) is 0. The average Bonchev–Trinajstić information content (AvgIpc) is 2.77. The number of benzene rings is 1. The second-order valence-corrected chi connectivity index (χ2v) is 3.96. The summed E-state index contributed by atoms with van der Waals surface area (Å²) in [6, 6.07) is 7.46. The Bertz CT molecular complexity index is 547. The van der Waals surface area contributed by atoms with Crippen LogP contribution in [0.15, 0.2) is 36.7 Å². The van der Waals surface area contributed by atoms with Crippen molar-refractivity contribution in [3.05, 3.63) is 36.7 Å². The zero-order valence-electron chi connectivity index (χ0n) is 10.3. The monoisotopic (exact) mass is 244 g/mol. The lowest BCUT2D eigenvalue weighted by Crippen LogP contribution is -2.27. The summed E-state index contributed by atoms with van der Waals surface area (Å²) in [6.45, 7) is 2.78. The van der Waals surface area contributed by atoms with Gasteiger partial charge in [0, 0.05) is 30.2 Å². The van der Waals surface area contributed by atoms with E-state index in [0.29, 0.717) is 12.2 Å². The van der Waals surface area contributed by atoms with E-state index in [1.165, 1.54) is 0 Å². The van der Waals surface area contributed by atoms with Gasteiger partial charge >= 0.3 is 0 Å². The molecule has 1 aromatic carbocycles. The predicted octanol–water partition coefficient (Wildman–Crippen LogP) is 1.27. The van der Waals surface area contributed by atoms with Crippen molar-refractivity contribution in [2.75, 3.05) is 12.3 Å². The fourth-order valence-electron chi connectivity index (χ4n) is 1.78. The van der Waals surface area contributed by atoms with E-state index >= 15 is 0 Å². The molecule has 2 rings (SSSR count). The summed E-state index contributed by atoms with van der Waals surface area (Å²) in [5.74, 6) is 0.717. The Hall–Kier alpha value is -2.30. The van der Waals surface area contributed by atoms with Gasteiger partial charge in [-0.25, -0.2) is 4.98 Å². The third-order valence-corrected chi connectivity index (χ3v) is 2.55. The summed E-state index contributed by atoms with van der Waals surface area (Å²) >= 11 is 0. The van der Waals surface area contributed by atoms with E-state index in [9.17, 15) is 4.79 Å². The highest BCUT2D eigenvalue weighted by Crippen LogP contribution is 2.19. The normalized spacial score (nSPS) is 10.3. The van der Waals surface area contributed by atoms with Crippen LogP contribution in [0.3, 0.4) is 0 Å². The van der Waals surface area contributed by atoms with Crippen molar-refractivity contribution in [1.29, 1.82) is 0 Å². The third-order valence-electron chi connectivity index (χ3n) is 2.55. The molecular weight excluding hydrogens is 228 g/mol. The van der Waals surface area contributed by atoms with E-state index in [2.05, 4.69) is 10.3 Å². The van der Waals surface area contributed by atoms with Gasteiger partial charge in [0.15, 0.2) is 0 Å². The van der Waals surface area contributed by atoms with Gasteiger partial charge in [-0.05, 0) is 19.1 Å². The Balaban J connectivity index is 2.25. The van der Waals surface area contributed by atoms with Crippen LogP contribution in [-0.4, -0.2) is 22.0 Å². The maximum absolute atomic E-state index is 11.6. The second-order valence-electron chi connectivity index (χ2n) is 3.96. The molecule has 0 saturated carbocycles. The molecule has 0 saturated heterocycles. The van der Waals surface area contributed by atoms with Crippen molar-refractivity contribution in [3.8, 4) is 11.4 Å². The Labute approximate surface area is 106 Å². The van der Waals surface area contributed by atoms with Crippen molar-refractivity contribution in [2.24, 2.45) is 0 Å². The lowest BCUT2D eigenvalue weighted by atomic mass is 10.2. The lowest BCUT2D eigenvalue weighted by molar-refractivity contribution is -0.121. The number of rotatable bonds is 4. The van der Waals surface area contributed by atoms with Crippen LogP contribution in [-0.2, 0) is 11.3 Å². The number of amides is 1. The number of hydrogen-bond acceptors (Lipinski definition) is 3. The second kappa shape index (κ2) is 5.35. The summed E-state index contributed by atoms with van der Waals surface area (Å²) < 4.78 is 1.81. The van der Waals surface area contributed by atoms with Gasteiger partial charge in [0.05, 0.1) is 0 Å². The first-order valence-corrected chi connectivity index (χ1v) is 5.84. The first kappa shape index (κ1) is 12.2. The van der Waals surface area contributed by atoms with Gasteiger partial charge in [-0.2, -0.15) is 0 Å². The number of nitrogen functional groups attached to an aromatic ring is 1. The summed E-state index contributed by atoms with van der Waals surface area (Å²) in [6.07, 6.45) is 3.46. The largest absolute Gasteiger partial charge is 0.399 e. The van der Waals surface area contributed by atoms with E-state index in [1.54, 1.807) is 17.0 Å². The number of aromatic nitrogens is 2. The zero-order valence-corrected chi connectivity index (χ0v) is 10.3. The molecule has 0 aliphatic heterocycles. The number of carbonyl (C=O) groups is 1. The number of nitrogens with one attached hydrogen (secondary N) is 1. The highest BCUT2D eigenvalue weighted by molar-refractivity contribution is 5.76. The van der Waals surface area contributed by atoms with Crippen LogP contribution in [0.5, 0.6) is 0 Å². The smallest absolute Gasteiger partial charge is 0.239 e.